The van der Waals surface area contributed by atoms with Crippen molar-refractivity contribution in [1.82, 2.24) is 35.1 Å². The third-order valence-electron chi connectivity index (χ3n) is 5.17. The Balaban J connectivity index is 1.43. The number of anilines is 1. The Labute approximate surface area is 172 Å². The van der Waals surface area contributed by atoms with Crippen LogP contribution in [-0.2, 0) is 0 Å². The van der Waals surface area contributed by atoms with E-state index in [1.54, 1.807) is 24.8 Å². The van der Waals surface area contributed by atoms with Gasteiger partial charge in [0.2, 0.25) is 0 Å². The van der Waals surface area contributed by atoms with Crippen molar-refractivity contribution in [3.8, 4) is 11.5 Å². The fraction of sp³-hybridized carbons (Fsp3) is 0.190. The summed E-state index contributed by atoms with van der Waals surface area (Å²) in [5, 5.41) is 8.99. The Hall–Kier alpha value is -3.85. The van der Waals surface area contributed by atoms with Crippen molar-refractivity contribution in [1.29, 1.82) is 0 Å². The van der Waals surface area contributed by atoms with E-state index < -0.39 is 0 Å². The molecule has 1 aliphatic heterocycles. The number of H-pyrrole nitrogens is 2. The Morgan fingerprint density at radius 1 is 1.23 bits per heavy atom. The summed E-state index contributed by atoms with van der Waals surface area (Å²) in [7, 11) is 0. The highest BCUT2D eigenvalue weighted by atomic mass is 15.3. The Morgan fingerprint density at radius 2 is 2.10 bits per heavy atom. The van der Waals surface area contributed by atoms with Crippen molar-refractivity contribution in [2.24, 2.45) is 5.73 Å². The van der Waals surface area contributed by atoms with Crippen molar-refractivity contribution in [3.05, 3.63) is 53.2 Å². The molecule has 0 saturated carbocycles. The van der Waals surface area contributed by atoms with Gasteiger partial charge in [-0.3, -0.25) is 15.1 Å². The van der Waals surface area contributed by atoms with Gasteiger partial charge >= 0.3 is 0 Å². The van der Waals surface area contributed by atoms with Crippen LogP contribution in [0.3, 0.4) is 0 Å². The van der Waals surface area contributed by atoms with Gasteiger partial charge in [0.05, 0.1) is 40.7 Å². The van der Waals surface area contributed by atoms with E-state index in [0.717, 1.165) is 51.8 Å². The second kappa shape index (κ2) is 7.20. The summed E-state index contributed by atoms with van der Waals surface area (Å²) in [5.74, 6) is 1.51. The van der Waals surface area contributed by atoms with E-state index in [9.17, 15) is 0 Å². The average Bonchev–Trinajstić information content (AvgIpc) is 3.32. The lowest BCUT2D eigenvalue weighted by atomic mass is 10.1. The second-order valence-electron chi connectivity index (χ2n) is 7.39. The number of pyridine rings is 1. The van der Waals surface area contributed by atoms with Gasteiger partial charge in [0.25, 0.3) is 0 Å². The molecule has 1 fully saturated rings. The number of aromatic amines is 2. The summed E-state index contributed by atoms with van der Waals surface area (Å²) in [6, 6.07) is 2.07. The molecule has 9 nitrogen and oxygen atoms in total. The number of allylic oxidation sites excluding steroid dienone is 2. The maximum Gasteiger partial charge on any atom is 0.159 e. The molecule has 0 amide bonds. The van der Waals surface area contributed by atoms with E-state index in [1.165, 1.54) is 0 Å². The van der Waals surface area contributed by atoms with Crippen molar-refractivity contribution in [2.45, 2.75) is 13.0 Å². The first kappa shape index (κ1) is 18.2. The maximum atomic E-state index is 5.86. The highest BCUT2D eigenvalue weighted by molar-refractivity contribution is 5.77. The van der Waals surface area contributed by atoms with Crippen LogP contribution < -0.4 is 21.2 Å². The minimum atomic E-state index is 0.216. The summed E-state index contributed by atoms with van der Waals surface area (Å²) in [6.45, 7) is 7.79. The second-order valence-corrected chi connectivity index (χ2v) is 7.39. The molecule has 4 aromatic heterocycles. The van der Waals surface area contributed by atoms with Crippen LogP contribution in [-0.4, -0.2) is 54.2 Å². The molecule has 0 aliphatic carbocycles. The minimum Gasteiger partial charge on any atom is -0.352 e. The van der Waals surface area contributed by atoms with Gasteiger partial charge in [-0.25, -0.2) is 9.97 Å². The number of imidazole rings is 1. The lowest BCUT2D eigenvalue weighted by Crippen LogP contribution is -2.56. The lowest BCUT2D eigenvalue weighted by Gasteiger charge is -2.37. The van der Waals surface area contributed by atoms with Crippen LogP contribution in [0.25, 0.3) is 40.8 Å². The first-order valence-corrected chi connectivity index (χ1v) is 9.63. The van der Waals surface area contributed by atoms with Crippen molar-refractivity contribution in [3.63, 3.8) is 0 Å². The normalized spacial score (nSPS) is 15.7. The molecule has 4 N–H and O–H groups in total. The zero-order valence-corrected chi connectivity index (χ0v) is 16.5. The molecule has 1 aliphatic rings. The summed E-state index contributed by atoms with van der Waals surface area (Å²) in [6.07, 6.45) is 10.9. The van der Waals surface area contributed by atoms with E-state index in [0.29, 0.717) is 11.5 Å². The molecule has 9 heteroatoms. The van der Waals surface area contributed by atoms with Crippen molar-refractivity contribution < 1.29 is 0 Å². The number of nitrogens with one attached hydrogen (secondary N) is 2. The third kappa shape index (κ3) is 3.25. The molecular formula is C21H21N9. The molecule has 0 bridgehead atoms. The molecule has 150 valence electrons. The number of rotatable bonds is 4. The smallest absolute Gasteiger partial charge is 0.159 e. The molecule has 30 heavy (non-hydrogen) atoms. The first-order chi connectivity index (χ1) is 14.6. The minimum absolute atomic E-state index is 0.216. The van der Waals surface area contributed by atoms with E-state index in [1.807, 2.05) is 25.1 Å². The topological polar surface area (TPSA) is 125 Å². The van der Waals surface area contributed by atoms with Gasteiger partial charge in [-0.2, -0.15) is 5.10 Å². The lowest BCUT2D eigenvalue weighted by molar-refractivity contribution is 0.513. The van der Waals surface area contributed by atoms with Gasteiger partial charge in [-0.05, 0) is 24.6 Å². The standard InChI is InChI=1S/C21H21N9/c1-12(17-7-24-9-19(25-17)30-10-14(22)11-30)3-4-15-13(2)20(29-28-15)21-26-16-5-6-23-8-18(16)27-21/h3-9,14,28H,2,10-11,22H2,1H3,(H,26,27)/b12-3+,15-4+. The van der Waals surface area contributed by atoms with Crippen LogP contribution in [0.4, 0.5) is 5.82 Å². The molecule has 5 rings (SSSR count). The van der Waals surface area contributed by atoms with Gasteiger partial charge in [-0.1, -0.05) is 12.7 Å². The molecule has 1 saturated heterocycles. The predicted octanol–water partition coefficient (Wildman–Crippen LogP) is 0.580. The summed E-state index contributed by atoms with van der Waals surface area (Å²) < 4.78 is 0. The van der Waals surface area contributed by atoms with E-state index in [-0.39, 0.29) is 6.04 Å². The molecule has 4 aromatic rings. The SMILES string of the molecule is C=c1c(-c2nc3ccncc3[nH]2)n[nH]/c1=C/C=C(\C)c1cncc(N2CC(N)C2)n1. The van der Waals surface area contributed by atoms with E-state index >= 15 is 0 Å². The predicted molar refractivity (Wildman–Crippen MR) is 117 cm³/mol. The summed E-state index contributed by atoms with van der Waals surface area (Å²) in [4.78, 5) is 23.0. The molecule has 0 radical (unpaired) electrons. The Morgan fingerprint density at radius 3 is 2.90 bits per heavy atom. The van der Waals surface area contributed by atoms with Gasteiger partial charge < -0.3 is 15.6 Å². The molecule has 0 spiro atoms. The Kier molecular flexibility index (Phi) is 4.36. The van der Waals surface area contributed by atoms with Crippen LogP contribution in [0.5, 0.6) is 0 Å². The zero-order chi connectivity index (χ0) is 20.7. The number of nitrogens with two attached hydrogens (primary N) is 1. The van der Waals surface area contributed by atoms with E-state index in [4.69, 9.17) is 10.7 Å². The van der Waals surface area contributed by atoms with Crippen molar-refractivity contribution in [2.75, 3.05) is 18.0 Å². The number of aromatic nitrogens is 7. The molecular weight excluding hydrogens is 378 g/mol. The number of fused-ring (bicyclic) bond motifs is 1. The van der Waals surface area contributed by atoms with Crippen molar-refractivity contribution >= 4 is 35.1 Å². The maximum absolute atomic E-state index is 5.86. The fourth-order valence-electron chi connectivity index (χ4n) is 3.37. The average molecular weight is 399 g/mol. The van der Waals surface area contributed by atoms with Crippen LogP contribution in [0, 0.1) is 0 Å². The monoisotopic (exact) mass is 399 g/mol. The number of hydrogen-bond donors (Lipinski definition) is 3. The van der Waals surface area contributed by atoms with Crippen LogP contribution in [0.15, 0.2) is 36.9 Å². The quantitative estimate of drug-likeness (QED) is 0.458. The summed E-state index contributed by atoms with van der Waals surface area (Å²) >= 11 is 0. The van der Waals surface area contributed by atoms with Crippen LogP contribution >= 0.6 is 0 Å². The third-order valence-corrected chi connectivity index (χ3v) is 5.17. The fourth-order valence-corrected chi connectivity index (χ4v) is 3.37. The molecule has 0 unspecified atom stereocenters. The van der Waals surface area contributed by atoms with Gasteiger partial charge in [-0.15, -0.1) is 0 Å². The Bertz CT molecular complexity index is 1330. The van der Waals surface area contributed by atoms with E-state index in [2.05, 4.69) is 41.6 Å². The van der Waals surface area contributed by atoms with Gasteiger partial charge in [0.15, 0.2) is 5.82 Å². The number of hydrogen-bond acceptors (Lipinski definition) is 7. The van der Waals surface area contributed by atoms with Gasteiger partial charge in [0, 0.05) is 30.5 Å². The van der Waals surface area contributed by atoms with Crippen LogP contribution in [0.1, 0.15) is 12.6 Å². The zero-order valence-electron chi connectivity index (χ0n) is 16.5. The highest BCUT2D eigenvalue weighted by Crippen LogP contribution is 2.19. The van der Waals surface area contributed by atoms with Crippen LogP contribution in [0.2, 0.25) is 0 Å². The first-order valence-electron chi connectivity index (χ1n) is 9.63. The molecule has 0 aromatic carbocycles. The molecule has 5 heterocycles. The molecule has 0 atom stereocenters. The summed E-state index contributed by atoms with van der Waals surface area (Å²) in [5.41, 5.74) is 10.0. The number of nitrogens with zero attached hydrogens (tertiary/aromatic N) is 6. The largest absolute Gasteiger partial charge is 0.352 e. The van der Waals surface area contributed by atoms with Gasteiger partial charge in [0.1, 0.15) is 11.5 Å². The highest BCUT2D eigenvalue weighted by Gasteiger charge is 2.24.